The van der Waals surface area contributed by atoms with Crippen LogP contribution in [0.1, 0.15) is 56.6 Å². The van der Waals surface area contributed by atoms with E-state index in [1.54, 1.807) is 13.3 Å². The Hall–Kier alpha value is -1.13. The van der Waals surface area contributed by atoms with Crippen molar-refractivity contribution in [1.82, 2.24) is 10.4 Å². The number of nitrogens with zero attached hydrogens (tertiary/aromatic N) is 1. The highest BCUT2D eigenvalue weighted by Gasteiger charge is 2.19. The minimum absolute atomic E-state index is 0.130. The van der Waals surface area contributed by atoms with Crippen LogP contribution in [0.5, 0.6) is 5.88 Å². The fourth-order valence-electron chi connectivity index (χ4n) is 3.05. The van der Waals surface area contributed by atoms with Crippen molar-refractivity contribution in [1.29, 1.82) is 0 Å². The van der Waals surface area contributed by atoms with Gasteiger partial charge in [0.2, 0.25) is 5.88 Å². The van der Waals surface area contributed by atoms with E-state index in [1.165, 1.54) is 38.5 Å². The van der Waals surface area contributed by atoms with E-state index >= 15 is 0 Å². The summed E-state index contributed by atoms with van der Waals surface area (Å²) in [7, 11) is 1.65. The number of rotatable bonds is 6. The van der Waals surface area contributed by atoms with Gasteiger partial charge in [-0.25, -0.2) is 4.98 Å². The van der Waals surface area contributed by atoms with Crippen LogP contribution in [0.2, 0.25) is 0 Å². The monoisotopic (exact) mass is 263 g/mol. The van der Waals surface area contributed by atoms with Crippen LogP contribution in [-0.2, 0) is 0 Å². The third-order valence-corrected chi connectivity index (χ3v) is 4.16. The zero-order chi connectivity index (χ0) is 13.5. The summed E-state index contributed by atoms with van der Waals surface area (Å²) in [4.78, 5) is 4.24. The normalized spacial score (nSPS) is 18.2. The first kappa shape index (κ1) is 14.3. The Balaban J connectivity index is 1.95. The molecule has 0 aliphatic heterocycles. The Morgan fingerprint density at radius 2 is 2.21 bits per heavy atom. The van der Waals surface area contributed by atoms with E-state index in [1.807, 2.05) is 12.1 Å². The number of nitrogens with two attached hydrogens (primary N) is 1. The SMILES string of the molecule is COc1ncccc1C(CCC1CCCCC1)NN. The molecule has 1 aliphatic rings. The minimum Gasteiger partial charge on any atom is -0.481 e. The lowest BCUT2D eigenvalue weighted by molar-refractivity contribution is 0.311. The number of nitrogens with one attached hydrogen (secondary N) is 1. The van der Waals surface area contributed by atoms with Crippen LogP contribution in [0.4, 0.5) is 0 Å². The summed E-state index contributed by atoms with van der Waals surface area (Å²) in [5, 5.41) is 0. The van der Waals surface area contributed by atoms with Crippen molar-refractivity contribution in [3.05, 3.63) is 23.9 Å². The quantitative estimate of drug-likeness (QED) is 0.612. The molecule has 106 valence electrons. The van der Waals surface area contributed by atoms with E-state index in [2.05, 4.69) is 10.4 Å². The molecule has 0 saturated heterocycles. The van der Waals surface area contributed by atoms with Gasteiger partial charge in [0.05, 0.1) is 13.2 Å². The molecule has 19 heavy (non-hydrogen) atoms. The molecule has 1 saturated carbocycles. The molecule has 0 amide bonds. The lowest BCUT2D eigenvalue weighted by Crippen LogP contribution is -2.29. The molecule has 2 rings (SSSR count). The topological polar surface area (TPSA) is 60.2 Å². The first-order valence-corrected chi connectivity index (χ1v) is 7.30. The number of hydrogen-bond acceptors (Lipinski definition) is 4. The fourth-order valence-corrected chi connectivity index (χ4v) is 3.05. The fraction of sp³-hybridized carbons (Fsp3) is 0.667. The summed E-state index contributed by atoms with van der Waals surface area (Å²) in [6, 6.07) is 4.10. The Labute approximate surface area is 115 Å². The molecule has 0 spiro atoms. The van der Waals surface area contributed by atoms with Crippen LogP contribution in [0.3, 0.4) is 0 Å². The van der Waals surface area contributed by atoms with Gasteiger partial charge in [-0.1, -0.05) is 38.2 Å². The molecule has 0 aromatic carbocycles. The van der Waals surface area contributed by atoms with Gasteiger partial charge in [0.25, 0.3) is 0 Å². The molecule has 1 aliphatic carbocycles. The number of aromatic nitrogens is 1. The van der Waals surface area contributed by atoms with Gasteiger partial charge in [-0.15, -0.1) is 0 Å². The first-order chi connectivity index (χ1) is 9.35. The summed E-state index contributed by atoms with van der Waals surface area (Å²) in [6.07, 6.45) is 11.0. The summed E-state index contributed by atoms with van der Waals surface area (Å²) in [5.41, 5.74) is 3.97. The molecule has 4 heteroatoms. The molecule has 1 aromatic rings. The predicted molar refractivity (Wildman–Crippen MR) is 76.7 cm³/mol. The van der Waals surface area contributed by atoms with Crippen LogP contribution in [0.25, 0.3) is 0 Å². The molecular formula is C15H25N3O. The Kier molecular flexibility index (Phi) is 5.61. The zero-order valence-corrected chi connectivity index (χ0v) is 11.8. The molecule has 1 unspecified atom stereocenters. The van der Waals surface area contributed by atoms with E-state index in [0.29, 0.717) is 5.88 Å². The van der Waals surface area contributed by atoms with E-state index in [9.17, 15) is 0 Å². The molecule has 1 aromatic heterocycles. The molecule has 3 N–H and O–H groups in total. The smallest absolute Gasteiger partial charge is 0.217 e. The van der Waals surface area contributed by atoms with Gasteiger partial charge in [0, 0.05) is 11.8 Å². The molecular weight excluding hydrogens is 238 g/mol. The minimum atomic E-state index is 0.130. The highest BCUT2D eigenvalue weighted by atomic mass is 16.5. The highest BCUT2D eigenvalue weighted by molar-refractivity contribution is 5.28. The maximum absolute atomic E-state index is 5.71. The van der Waals surface area contributed by atoms with Crippen molar-refractivity contribution < 1.29 is 4.74 Å². The number of methoxy groups -OCH3 is 1. The van der Waals surface area contributed by atoms with E-state index in [0.717, 1.165) is 17.9 Å². The summed E-state index contributed by atoms with van der Waals surface area (Å²) >= 11 is 0. The van der Waals surface area contributed by atoms with Crippen LogP contribution in [0, 0.1) is 5.92 Å². The standard InChI is InChI=1S/C15H25N3O/c1-19-15-13(8-5-11-17-15)14(18-16)10-9-12-6-3-2-4-7-12/h5,8,11-12,14,18H,2-4,6-7,9-10,16H2,1H3. The van der Waals surface area contributed by atoms with Crippen molar-refractivity contribution in [3.8, 4) is 5.88 Å². The number of ether oxygens (including phenoxy) is 1. The van der Waals surface area contributed by atoms with E-state index in [-0.39, 0.29) is 6.04 Å². The third kappa shape index (κ3) is 3.91. The van der Waals surface area contributed by atoms with Crippen LogP contribution in [0.15, 0.2) is 18.3 Å². The van der Waals surface area contributed by atoms with Crippen LogP contribution in [-0.4, -0.2) is 12.1 Å². The second kappa shape index (κ2) is 7.46. The Morgan fingerprint density at radius 3 is 2.89 bits per heavy atom. The summed E-state index contributed by atoms with van der Waals surface area (Å²) < 4.78 is 5.31. The largest absolute Gasteiger partial charge is 0.481 e. The molecule has 4 nitrogen and oxygen atoms in total. The predicted octanol–water partition coefficient (Wildman–Crippen LogP) is 2.96. The maximum atomic E-state index is 5.71. The molecule has 1 atom stereocenters. The van der Waals surface area contributed by atoms with Crippen molar-refractivity contribution in [2.24, 2.45) is 11.8 Å². The van der Waals surface area contributed by atoms with Crippen molar-refractivity contribution >= 4 is 0 Å². The molecule has 0 radical (unpaired) electrons. The maximum Gasteiger partial charge on any atom is 0.217 e. The average Bonchev–Trinajstić information content (AvgIpc) is 2.49. The van der Waals surface area contributed by atoms with Gasteiger partial charge in [-0.05, 0) is 24.8 Å². The van der Waals surface area contributed by atoms with Gasteiger partial charge < -0.3 is 4.74 Å². The molecule has 1 heterocycles. The second-order valence-electron chi connectivity index (χ2n) is 5.40. The van der Waals surface area contributed by atoms with Gasteiger partial charge >= 0.3 is 0 Å². The van der Waals surface area contributed by atoms with Crippen molar-refractivity contribution in [2.75, 3.05) is 7.11 Å². The van der Waals surface area contributed by atoms with Gasteiger partial charge in [0.15, 0.2) is 0 Å². The van der Waals surface area contributed by atoms with Crippen LogP contribution >= 0.6 is 0 Å². The van der Waals surface area contributed by atoms with Crippen molar-refractivity contribution in [3.63, 3.8) is 0 Å². The Morgan fingerprint density at radius 1 is 1.42 bits per heavy atom. The van der Waals surface area contributed by atoms with E-state index in [4.69, 9.17) is 10.6 Å². The van der Waals surface area contributed by atoms with Gasteiger partial charge in [-0.2, -0.15) is 0 Å². The summed E-state index contributed by atoms with van der Waals surface area (Å²) in [6.45, 7) is 0. The van der Waals surface area contributed by atoms with Crippen molar-refractivity contribution in [2.45, 2.75) is 51.0 Å². The van der Waals surface area contributed by atoms with Gasteiger partial charge in [0.1, 0.15) is 0 Å². The first-order valence-electron chi connectivity index (χ1n) is 7.30. The average molecular weight is 263 g/mol. The molecule has 1 fully saturated rings. The lowest BCUT2D eigenvalue weighted by Gasteiger charge is -2.24. The zero-order valence-electron chi connectivity index (χ0n) is 11.8. The van der Waals surface area contributed by atoms with Crippen LogP contribution < -0.4 is 16.0 Å². The number of hydrazine groups is 1. The molecule has 0 bridgehead atoms. The third-order valence-electron chi connectivity index (χ3n) is 4.16. The van der Waals surface area contributed by atoms with E-state index < -0.39 is 0 Å². The second-order valence-corrected chi connectivity index (χ2v) is 5.40. The number of pyridine rings is 1. The Bertz CT molecular complexity index is 377. The highest BCUT2D eigenvalue weighted by Crippen LogP contribution is 2.31. The lowest BCUT2D eigenvalue weighted by atomic mass is 9.84. The van der Waals surface area contributed by atoms with Gasteiger partial charge in [-0.3, -0.25) is 11.3 Å². The summed E-state index contributed by atoms with van der Waals surface area (Å²) in [5.74, 6) is 7.25. The number of hydrogen-bond donors (Lipinski definition) is 2.